The maximum atomic E-state index is 11.8. The summed E-state index contributed by atoms with van der Waals surface area (Å²) in [5, 5.41) is 1.36. The number of carbonyl (C=O) groups is 3. The number of urea groups is 1. The molecule has 1 rings (SSSR count). The molecule has 0 bridgehead atoms. The topological polar surface area (TPSA) is 79.0 Å². The summed E-state index contributed by atoms with van der Waals surface area (Å²) >= 11 is 0. The van der Waals surface area contributed by atoms with Gasteiger partial charge in [0, 0.05) is 20.0 Å². The van der Waals surface area contributed by atoms with Crippen LogP contribution in [-0.2, 0) is 14.3 Å². The third kappa shape index (κ3) is 4.48. The number of likely N-dealkylation sites (N-methyl/N-ethyl adjacent to an activating group) is 1. The van der Waals surface area contributed by atoms with Gasteiger partial charge in [-0.1, -0.05) is 0 Å². The lowest BCUT2D eigenvalue weighted by Gasteiger charge is -2.20. The van der Waals surface area contributed by atoms with Crippen LogP contribution in [0.3, 0.4) is 0 Å². The third-order valence-corrected chi connectivity index (χ3v) is 2.77. The number of Topliss-reactive ketones (excluding diaryl/α,β-unsaturated/α-hetero) is 1. The largest absolute Gasteiger partial charge is 0.460 e. The maximum absolute atomic E-state index is 11.8. The lowest BCUT2D eigenvalue weighted by Crippen LogP contribution is -2.42. The lowest BCUT2D eigenvalue weighted by molar-refractivity contribution is -0.155. The van der Waals surface area contributed by atoms with Crippen LogP contribution in [0.25, 0.3) is 0 Å². The molecule has 1 heterocycles. The van der Waals surface area contributed by atoms with Gasteiger partial charge in [-0.2, -0.15) is 0 Å². The van der Waals surface area contributed by atoms with Gasteiger partial charge in [-0.25, -0.2) is 10.2 Å². The average Bonchev–Trinajstić information content (AvgIpc) is 2.55. The molecule has 0 aromatic carbocycles. The van der Waals surface area contributed by atoms with Crippen LogP contribution in [0.4, 0.5) is 4.79 Å². The first-order valence-corrected chi connectivity index (χ1v) is 6.64. The van der Waals surface area contributed by atoms with Crippen molar-refractivity contribution in [3.05, 3.63) is 0 Å². The highest BCUT2D eigenvalue weighted by molar-refractivity contribution is 5.88. The number of ketones is 1. The molecular weight excluding hydrogens is 262 g/mol. The van der Waals surface area contributed by atoms with Crippen LogP contribution in [0.15, 0.2) is 0 Å². The van der Waals surface area contributed by atoms with Gasteiger partial charge < -0.3 is 9.64 Å². The Hall–Kier alpha value is -1.63. The Morgan fingerprint density at radius 3 is 2.40 bits per heavy atom. The molecule has 1 atom stereocenters. The van der Waals surface area contributed by atoms with Crippen molar-refractivity contribution in [2.24, 2.45) is 0 Å². The predicted molar refractivity (Wildman–Crippen MR) is 72.5 cm³/mol. The first kappa shape index (κ1) is 16.4. The summed E-state index contributed by atoms with van der Waals surface area (Å²) in [4.78, 5) is 36.1. The van der Waals surface area contributed by atoms with Gasteiger partial charge >= 0.3 is 12.0 Å². The second-order valence-corrected chi connectivity index (χ2v) is 5.88. The SMILES string of the molecule is CC(=O)C1NN(CCCC(=O)OC(C)(C)C)C(=O)N1C. The zero-order chi connectivity index (χ0) is 15.5. The number of hydrazine groups is 1. The van der Waals surface area contributed by atoms with E-state index in [1.165, 1.54) is 16.8 Å². The summed E-state index contributed by atoms with van der Waals surface area (Å²) in [5.41, 5.74) is 2.32. The minimum atomic E-state index is -0.621. The van der Waals surface area contributed by atoms with Crippen LogP contribution in [0.5, 0.6) is 0 Å². The Morgan fingerprint density at radius 1 is 1.35 bits per heavy atom. The van der Waals surface area contributed by atoms with Crippen molar-refractivity contribution < 1.29 is 19.1 Å². The number of nitrogens with zero attached hydrogens (tertiary/aromatic N) is 2. The summed E-state index contributed by atoms with van der Waals surface area (Å²) in [6, 6.07) is -0.269. The number of ether oxygens (including phenoxy) is 1. The van der Waals surface area contributed by atoms with E-state index in [1.807, 2.05) is 20.8 Å². The zero-order valence-corrected chi connectivity index (χ0v) is 12.7. The summed E-state index contributed by atoms with van der Waals surface area (Å²) in [5.74, 6) is -0.420. The molecule has 0 aromatic heterocycles. The molecule has 1 saturated heterocycles. The molecule has 0 saturated carbocycles. The number of carbonyl (C=O) groups excluding carboxylic acids is 3. The van der Waals surface area contributed by atoms with Gasteiger partial charge in [0.1, 0.15) is 5.60 Å². The molecule has 7 nitrogen and oxygen atoms in total. The Balaban J connectivity index is 2.38. The van der Waals surface area contributed by atoms with Crippen molar-refractivity contribution in [2.75, 3.05) is 13.6 Å². The fourth-order valence-corrected chi connectivity index (χ4v) is 1.89. The van der Waals surface area contributed by atoms with Gasteiger partial charge in [0.05, 0.1) is 0 Å². The van der Waals surface area contributed by atoms with Gasteiger partial charge in [0.25, 0.3) is 0 Å². The Bertz CT molecular complexity index is 403. The second kappa shape index (κ2) is 6.21. The highest BCUT2D eigenvalue weighted by Crippen LogP contribution is 2.12. The molecule has 0 aliphatic carbocycles. The standard InChI is InChI=1S/C13H23N3O4/c1-9(17)11-14-16(12(19)15(11)5)8-6-7-10(18)20-13(2,3)4/h11,14H,6-8H2,1-5H3. The number of nitrogens with one attached hydrogen (secondary N) is 1. The van der Waals surface area contributed by atoms with Crippen LogP contribution in [0.1, 0.15) is 40.5 Å². The number of amides is 2. The minimum absolute atomic E-state index is 0.129. The van der Waals surface area contributed by atoms with E-state index >= 15 is 0 Å². The van der Waals surface area contributed by atoms with Gasteiger partial charge in [0.15, 0.2) is 11.9 Å². The normalized spacial score (nSPS) is 19.4. The number of esters is 1. The number of hydrogen-bond acceptors (Lipinski definition) is 5. The predicted octanol–water partition coefficient (Wildman–Crippen LogP) is 0.895. The van der Waals surface area contributed by atoms with Crippen molar-refractivity contribution in [2.45, 2.75) is 52.3 Å². The molecular formula is C13H23N3O4. The maximum Gasteiger partial charge on any atom is 0.335 e. The van der Waals surface area contributed by atoms with Crippen LogP contribution >= 0.6 is 0 Å². The second-order valence-electron chi connectivity index (χ2n) is 5.88. The first-order chi connectivity index (χ1) is 9.11. The highest BCUT2D eigenvalue weighted by atomic mass is 16.6. The van der Waals surface area contributed by atoms with Crippen molar-refractivity contribution in [3.8, 4) is 0 Å². The molecule has 20 heavy (non-hydrogen) atoms. The van der Waals surface area contributed by atoms with Crippen LogP contribution < -0.4 is 5.43 Å². The molecule has 1 fully saturated rings. The highest BCUT2D eigenvalue weighted by Gasteiger charge is 2.36. The van der Waals surface area contributed by atoms with Crippen molar-refractivity contribution in [3.63, 3.8) is 0 Å². The molecule has 1 N–H and O–H groups in total. The molecule has 1 unspecified atom stereocenters. The molecule has 114 valence electrons. The van der Waals surface area contributed by atoms with E-state index in [2.05, 4.69) is 5.43 Å². The number of rotatable bonds is 5. The van der Waals surface area contributed by atoms with Crippen molar-refractivity contribution in [1.82, 2.24) is 15.3 Å². The smallest absolute Gasteiger partial charge is 0.335 e. The van der Waals surface area contributed by atoms with Crippen LogP contribution in [0, 0.1) is 0 Å². The third-order valence-electron chi connectivity index (χ3n) is 2.77. The van der Waals surface area contributed by atoms with Crippen LogP contribution in [0.2, 0.25) is 0 Å². The van der Waals surface area contributed by atoms with Crippen molar-refractivity contribution >= 4 is 17.8 Å². The van der Waals surface area contributed by atoms with E-state index in [0.717, 1.165) is 0 Å². The molecule has 0 radical (unpaired) electrons. The summed E-state index contributed by atoms with van der Waals surface area (Å²) in [6.45, 7) is 7.20. The molecule has 2 amide bonds. The van der Waals surface area contributed by atoms with E-state index in [9.17, 15) is 14.4 Å². The Kier molecular flexibility index (Phi) is 5.10. The fourth-order valence-electron chi connectivity index (χ4n) is 1.89. The van der Waals surface area contributed by atoms with Gasteiger partial charge in [-0.3, -0.25) is 14.6 Å². The van der Waals surface area contributed by atoms with Gasteiger partial charge in [-0.15, -0.1) is 0 Å². The molecule has 7 heteroatoms. The summed E-state index contributed by atoms with van der Waals surface area (Å²) < 4.78 is 5.18. The van der Waals surface area contributed by atoms with E-state index in [4.69, 9.17) is 4.74 Å². The van der Waals surface area contributed by atoms with E-state index < -0.39 is 11.8 Å². The van der Waals surface area contributed by atoms with Crippen LogP contribution in [-0.4, -0.2) is 53.1 Å². The Labute approximate surface area is 119 Å². The van der Waals surface area contributed by atoms with Gasteiger partial charge in [0.2, 0.25) is 0 Å². The molecule has 0 spiro atoms. The average molecular weight is 285 g/mol. The minimum Gasteiger partial charge on any atom is -0.460 e. The van der Waals surface area contributed by atoms with E-state index in [-0.39, 0.29) is 24.2 Å². The monoisotopic (exact) mass is 285 g/mol. The zero-order valence-electron chi connectivity index (χ0n) is 12.7. The Morgan fingerprint density at radius 2 is 1.95 bits per heavy atom. The first-order valence-electron chi connectivity index (χ1n) is 6.64. The van der Waals surface area contributed by atoms with Crippen molar-refractivity contribution in [1.29, 1.82) is 0 Å². The fraction of sp³-hybridized carbons (Fsp3) is 0.769. The van der Waals surface area contributed by atoms with E-state index in [1.54, 1.807) is 7.05 Å². The molecule has 0 aromatic rings. The number of hydrogen-bond donors (Lipinski definition) is 1. The quantitative estimate of drug-likeness (QED) is 0.759. The lowest BCUT2D eigenvalue weighted by atomic mass is 10.2. The summed E-state index contributed by atoms with van der Waals surface area (Å²) in [6.07, 6.45) is 0.0903. The molecule has 1 aliphatic heterocycles. The molecule has 1 aliphatic rings. The van der Waals surface area contributed by atoms with E-state index in [0.29, 0.717) is 13.0 Å². The summed E-state index contributed by atoms with van der Waals surface area (Å²) in [7, 11) is 1.56. The van der Waals surface area contributed by atoms with Gasteiger partial charge in [-0.05, 0) is 34.1 Å².